The number of aromatic hydroxyl groups is 1. The second-order valence-electron chi connectivity index (χ2n) is 2.84. The molecule has 0 heterocycles. The first-order valence-electron chi connectivity index (χ1n) is 3.98. The largest absolute Gasteiger partial charge is 0.508 e. The van der Waals surface area contributed by atoms with Gasteiger partial charge < -0.3 is 5.11 Å². The van der Waals surface area contributed by atoms with Gasteiger partial charge in [0, 0.05) is 5.56 Å². The lowest BCUT2D eigenvalue weighted by Crippen LogP contribution is -1.89. The van der Waals surface area contributed by atoms with Crippen molar-refractivity contribution >= 4 is 0 Å². The van der Waals surface area contributed by atoms with E-state index in [1.807, 2.05) is 6.07 Å². The summed E-state index contributed by atoms with van der Waals surface area (Å²) >= 11 is 0. The molecular weight excluding hydrogens is 169 g/mol. The van der Waals surface area contributed by atoms with Crippen molar-refractivity contribution in [1.29, 1.82) is 5.26 Å². The highest BCUT2D eigenvalue weighted by atomic mass is 19.1. The Balaban J connectivity index is 3.05. The van der Waals surface area contributed by atoms with Gasteiger partial charge in [0.05, 0.1) is 12.5 Å². The van der Waals surface area contributed by atoms with E-state index < -0.39 is 6.17 Å². The highest BCUT2D eigenvalue weighted by molar-refractivity contribution is 5.38. The van der Waals surface area contributed by atoms with E-state index in [2.05, 4.69) is 0 Å². The molecule has 0 amide bonds. The van der Waals surface area contributed by atoms with Gasteiger partial charge in [0.25, 0.3) is 0 Å². The number of nitrogens with zero attached hydrogens (tertiary/aromatic N) is 1. The van der Waals surface area contributed by atoms with Crippen molar-refractivity contribution in [3.05, 3.63) is 29.3 Å². The van der Waals surface area contributed by atoms with Gasteiger partial charge in [-0.2, -0.15) is 5.26 Å². The lowest BCUT2D eigenvalue weighted by atomic mass is 10.1. The van der Waals surface area contributed by atoms with E-state index in [-0.39, 0.29) is 12.2 Å². The molecule has 0 aliphatic rings. The van der Waals surface area contributed by atoms with Crippen LogP contribution < -0.4 is 0 Å². The van der Waals surface area contributed by atoms with E-state index in [1.165, 1.54) is 25.1 Å². The van der Waals surface area contributed by atoms with Gasteiger partial charge in [-0.1, -0.05) is 6.07 Å². The second-order valence-corrected chi connectivity index (χ2v) is 2.84. The third-order valence-corrected chi connectivity index (χ3v) is 1.83. The highest BCUT2D eigenvalue weighted by Gasteiger charge is 2.06. The number of halogens is 1. The quantitative estimate of drug-likeness (QED) is 0.757. The molecular formula is C10H10FNO. The SMILES string of the molecule is CC(F)c1ccc(O)c(CC#N)c1. The summed E-state index contributed by atoms with van der Waals surface area (Å²) in [5, 5.41) is 17.7. The van der Waals surface area contributed by atoms with Crippen LogP contribution in [-0.4, -0.2) is 5.11 Å². The zero-order valence-corrected chi connectivity index (χ0v) is 7.29. The van der Waals surface area contributed by atoms with Crippen LogP contribution in [0.2, 0.25) is 0 Å². The Morgan fingerprint density at radius 1 is 1.62 bits per heavy atom. The summed E-state index contributed by atoms with van der Waals surface area (Å²) in [6.07, 6.45) is -0.968. The summed E-state index contributed by atoms with van der Waals surface area (Å²) in [5.41, 5.74) is 0.965. The second kappa shape index (κ2) is 3.90. The molecule has 0 saturated carbocycles. The van der Waals surface area contributed by atoms with Crippen LogP contribution in [0.15, 0.2) is 18.2 Å². The minimum absolute atomic E-state index is 0.0472. The minimum Gasteiger partial charge on any atom is -0.508 e. The Kier molecular flexibility index (Phi) is 2.86. The van der Waals surface area contributed by atoms with Gasteiger partial charge in [0.2, 0.25) is 0 Å². The standard InChI is InChI=1S/C10H10FNO/c1-7(11)8-2-3-10(13)9(6-8)4-5-12/h2-3,6-7,13H,4H2,1H3. The van der Waals surface area contributed by atoms with Gasteiger partial charge >= 0.3 is 0 Å². The number of hydrogen-bond acceptors (Lipinski definition) is 2. The number of rotatable bonds is 2. The molecule has 1 aromatic rings. The molecule has 1 atom stereocenters. The van der Waals surface area contributed by atoms with Gasteiger partial charge in [-0.3, -0.25) is 0 Å². The molecule has 1 N–H and O–H groups in total. The molecule has 0 radical (unpaired) electrons. The average molecular weight is 179 g/mol. The number of nitriles is 1. The summed E-state index contributed by atoms with van der Waals surface area (Å²) in [6, 6.07) is 6.36. The highest BCUT2D eigenvalue weighted by Crippen LogP contribution is 2.24. The molecule has 0 fully saturated rings. The maximum atomic E-state index is 12.8. The summed E-state index contributed by atoms with van der Waals surface area (Å²) in [4.78, 5) is 0. The van der Waals surface area contributed by atoms with Gasteiger partial charge in [-0.05, 0) is 24.6 Å². The zero-order valence-electron chi connectivity index (χ0n) is 7.29. The fourth-order valence-corrected chi connectivity index (χ4v) is 1.08. The van der Waals surface area contributed by atoms with Crippen LogP contribution >= 0.6 is 0 Å². The fourth-order valence-electron chi connectivity index (χ4n) is 1.08. The van der Waals surface area contributed by atoms with Gasteiger partial charge in [0.15, 0.2) is 0 Å². The van der Waals surface area contributed by atoms with Crippen molar-refractivity contribution in [3.63, 3.8) is 0 Å². The van der Waals surface area contributed by atoms with E-state index >= 15 is 0 Å². The lowest BCUT2D eigenvalue weighted by molar-refractivity contribution is 0.373. The molecule has 0 saturated heterocycles. The average Bonchev–Trinajstić information content (AvgIpc) is 2.08. The van der Waals surface area contributed by atoms with Crippen molar-refractivity contribution in [2.45, 2.75) is 19.5 Å². The third kappa shape index (κ3) is 2.19. The Labute approximate surface area is 76.2 Å². The molecule has 0 bridgehead atoms. The number of alkyl halides is 1. The fraction of sp³-hybridized carbons (Fsp3) is 0.300. The topological polar surface area (TPSA) is 44.0 Å². The Morgan fingerprint density at radius 3 is 2.85 bits per heavy atom. The molecule has 2 nitrogen and oxygen atoms in total. The van der Waals surface area contributed by atoms with Crippen LogP contribution in [0.4, 0.5) is 4.39 Å². The lowest BCUT2D eigenvalue weighted by Gasteiger charge is -2.05. The molecule has 0 spiro atoms. The summed E-state index contributed by atoms with van der Waals surface area (Å²) in [6.45, 7) is 1.42. The first-order valence-corrected chi connectivity index (χ1v) is 3.98. The first-order chi connectivity index (χ1) is 6.15. The Hall–Kier alpha value is -1.56. The Bertz CT molecular complexity index is 341. The zero-order chi connectivity index (χ0) is 9.84. The summed E-state index contributed by atoms with van der Waals surface area (Å²) in [5.74, 6) is 0.0472. The van der Waals surface area contributed by atoms with Crippen LogP contribution in [0.25, 0.3) is 0 Å². The van der Waals surface area contributed by atoms with E-state index in [1.54, 1.807) is 0 Å². The molecule has 68 valence electrons. The van der Waals surface area contributed by atoms with Crippen molar-refractivity contribution in [1.82, 2.24) is 0 Å². The van der Waals surface area contributed by atoms with Crippen molar-refractivity contribution in [3.8, 4) is 11.8 Å². The van der Waals surface area contributed by atoms with Crippen LogP contribution in [-0.2, 0) is 6.42 Å². The van der Waals surface area contributed by atoms with Crippen LogP contribution in [0, 0.1) is 11.3 Å². The smallest absolute Gasteiger partial charge is 0.122 e. The molecule has 1 aromatic carbocycles. The predicted octanol–water partition coefficient (Wildman–Crippen LogP) is 2.49. The van der Waals surface area contributed by atoms with Gasteiger partial charge in [-0.25, -0.2) is 4.39 Å². The maximum absolute atomic E-state index is 12.8. The summed E-state index contributed by atoms with van der Waals surface area (Å²) < 4.78 is 12.8. The third-order valence-electron chi connectivity index (χ3n) is 1.83. The van der Waals surface area contributed by atoms with E-state index in [0.29, 0.717) is 11.1 Å². The maximum Gasteiger partial charge on any atom is 0.122 e. The minimum atomic E-state index is -1.07. The van der Waals surface area contributed by atoms with E-state index in [4.69, 9.17) is 5.26 Å². The Morgan fingerprint density at radius 2 is 2.31 bits per heavy atom. The van der Waals surface area contributed by atoms with Crippen molar-refractivity contribution in [2.24, 2.45) is 0 Å². The molecule has 0 aliphatic heterocycles. The number of benzene rings is 1. The van der Waals surface area contributed by atoms with Crippen LogP contribution in [0.1, 0.15) is 24.2 Å². The van der Waals surface area contributed by atoms with Gasteiger partial charge in [0.1, 0.15) is 11.9 Å². The molecule has 1 rings (SSSR count). The molecule has 0 aliphatic carbocycles. The predicted molar refractivity (Wildman–Crippen MR) is 46.9 cm³/mol. The normalized spacial score (nSPS) is 12.1. The molecule has 1 unspecified atom stereocenters. The number of hydrogen-bond donors (Lipinski definition) is 1. The number of phenolic OH excluding ortho intramolecular Hbond substituents is 1. The van der Waals surface area contributed by atoms with Crippen molar-refractivity contribution in [2.75, 3.05) is 0 Å². The van der Waals surface area contributed by atoms with E-state index in [0.717, 1.165) is 0 Å². The van der Waals surface area contributed by atoms with Crippen LogP contribution in [0.3, 0.4) is 0 Å². The summed E-state index contributed by atoms with van der Waals surface area (Å²) in [7, 11) is 0. The van der Waals surface area contributed by atoms with Gasteiger partial charge in [-0.15, -0.1) is 0 Å². The van der Waals surface area contributed by atoms with E-state index in [9.17, 15) is 9.50 Å². The van der Waals surface area contributed by atoms with Crippen LogP contribution in [0.5, 0.6) is 5.75 Å². The first kappa shape index (κ1) is 9.53. The number of phenols is 1. The molecule has 13 heavy (non-hydrogen) atoms. The monoisotopic (exact) mass is 179 g/mol. The molecule has 3 heteroatoms. The van der Waals surface area contributed by atoms with Crippen molar-refractivity contribution < 1.29 is 9.50 Å². The molecule has 0 aromatic heterocycles.